The summed E-state index contributed by atoms with van der Waals surface area (Å²) in [5.41, 5.74) is 3.94. The summed E-state index contributed by atoms with van der Waals surface area (Å²) in [5, 5.41) is 7.97. The van der Waals surface area contributed by atoms with Crippen LogP contribution in [0.1, 0.15) is 5.56 Å². The maximum atomic E-state index is 2.51. The number of hydrogen-bond acceptors (Lipinski definition) is 0. The van der Waals surface area contributed by atoms with Crippen molar-refractivity contribution < 1.29 is 0 Å². The summed E-state index contributed by atoms with van der Waals surface area (Å²) in [6, 6.07) is 30.8. The van der Waals surface area contributed by atoms with Gasteiger partial charge in [-0.2, -0.15) is 0 Å². The molecule has 0 amide bonds. The molecular formula is C25H17I. The third-order valence-corrected chi connectivity index (χ3v) is 6.49. The Labute approximate surface area is 166 Å². The fourth-order valence-electron chi connectivity index (χ4n) is 3.99. The van der Waals surface area contributed by atoms with Gasteiger partial charge in [-0.15, -0.1) is 0 Å². The zero-order valence-electron chi connectivity index (χ0n) is 14.5. The first-order valence-corrected chi connectivity index (χ1v) is 9.90. The van der Waals surface area contributed by atoms with Crippen molar-refractivity contribution in [3.63, 3.8) is 0 Å². The molecule has 0 unspecified atom stereocenters. The molecule has 0 N–H and O–H groups in total. The molecule has 0 aliphatic heterocycles. The van der Waals surface area contributed by atoms with E-state index in [0.29, 0.717) is 0 Å². The minimum absolute atomic E-state index is 1.28. The molecule has 0 spiro atoms. The van der Waals surface area contributed by atoms with Gasteiger partial charge in [0.15, 0.2) is 0 Å². The first-order valence-electron chi connectivity index (χ1n) is 8.83. The number of fused-ring (bicyclic) bond motifs is 3. The van der Waals surface area contributed by atoms with Gasteiger partial charge < -0.3 is 0 Å². The van der Waals surface area contributed by atoms with Crippen LogP contribution in [0.2, 0.25) is 0 Å². The molecule has 0 aliphatic rings. The summed E-state index contributed by atoms with van der Waals surface area (Å²) >= 11 is 2.51. The molecule has 0 radical (unpaired) electrons. The average Bonchev–Trinajstić information content (AvgIpc) is 2.71. The van der Waals surface area contributed by atoms with Crippen molar-refractivity contribution in [1.82, 2.24) is 0 Å². The van der Waals surface area contributed by atoms with E-state index in [1.54, 1.807) is 0 Å². The zero-order valence-corrected chi connectivity index (χ0v) is 16.6. The van der Waals surface area contributed by atoms with E-state index in [9.17, 15) is 0 Å². The Kier molecular flexibility index (Phi) is 3.71. The third-order valence-electron chi connectivity index (χ3n) is 5.33. The minimum Gasteiger partial charge on any atom is -0.0616 e. The van der Waals surface area contributed by atoms with Gasteiger partial charge in [0, 0.05) is 3.57 Å². The number of hydrogen-bond donors (Lipinski definition) is 0. The molecule has 0 heterocycles. The molecule has 26 heavy (non-hydrogen) atoms. The van der Waals surface area contributed by atoms with E-state index in [1.807, 2.05) is 0 Å². The van der Waals surface area contributed by atoms with Crippen molar-refractivity contribution in [2.24, 2.45) is 0 Å². The van der Waals surface area contributed by atoms with Gasteiger partial charge in [0.1, 0.15) is 0 Å². The van der Waals surface area contributed by atoms with E-state index in [4.69, 9.17) is 0 Å². The molecule has 124 valence electrons. The maximum Gasteiger partial charge on any atom is 0.0287 e. The lowest BCUT2D eigenvalue weighted by molar-refractivity contribution is 1.57. The minimum atomic E-state index is 1.28. The van der Waals surface area contributed by atoms with Gasteiger partial charge in [-0.25, -0.2) is 0 Å². The number of rotatable bonds is 1. The van der Waals surface area contributed by atoms with Gasteiger partial charge in [0.2, 0.25) is 0 Å². The Balaban J connectivity index is 1.86. The predicted octanol–water partition coefficient (Wildman–Crippen LogP) is 7.73. The molecule has 0 saturated heterocycles. The van der Waals surface area contributed by atoms with Gasteiger partial charge in [0.05, 0.1) is 0 Å². The van der Waals surface area contributed by atoms with Crippen molar-refractivity contribution >= 4 is 54.9 Å². The number of halogens is 1. The van der Waals surface area contributed by atoms with Crippen LogP contribution in [0.3, 0.4) is 0 Å². The molecule has 0 bridgehead atoms. The van der Waals surface area contributed by atoms with Crippen molar-refractivity contribution in [2.45, 2.75) is 6.92 Å². The standard InChI is InChI=1S/C25H17I/c1-16-19-9-4-5-11-23(19)25(26)24-15-18(13-14-20(16)24)22-12-6-8-17-7-2-3-10-21(17)22/h2-15H,1H3. The zero-order chi connectivity index (χ0) is 17.7. The SMILES string of the molecule is Cc1c2ccccc2c(I)c2cc(-c3cccc4ccccc34)ccc12. The molecule has 0 nitrogen and oxygen atoms in total. The highest BCUT2D eigenvalue weighted by molar-refractivity contribution is 14.1. The first kappa shape index (κ1) is 15.8. The molecule has 0 atom stereocenters. The Morgan fingerprint density at radius 2 is 1.23 bits per heavy atom. The molecule has 0 aliphatic carbocycles. The summed E-state index contributed by atoms with van der Waals surface area (Å²) in [6.45, 7) is 2.23. The molecule has 0 fully saturated rings. The van der Waals surface area contributed by atoms with Crippen LogP contribution in [0.4, 0.5) is 0 Å². The van der Waals surface area contributed by atoms with E-state index in [2.05, 4.69) is 114 Å². The lowest BCUT2D eigenvalue weighted by Gasteiger charge is -2.13. The molecule has 0 aromatic heterocycles. The summed E-state index contributed by atoms with van der Waals surface area (Å²) < 4.78 is 1.33. The van der Waals surface area contributed by atoms with Crippen molar-refractivity contribution in [1.29, 1.82) is 0 Å². The molecule has 5 rings (SSSR count). The smallest absolute Gasteiger partial charge is 0.0287 e. The van der Waals surface area contributed by atoms with Gasteiger partial charge in [0.25, 0.3) is 0 Å². The van der Waals surface area contributed by atoms with Gasteiger partial charge >= 0.3 is 0 Å². The third kappa shape index (κ3) is 2.34. The Morgan fingerprint density at radius 3 is 2.08 bits per heavy atom. The fraction of sp³-hybridized carbons (Fsp3) is 0.0400. The van der Waals surface area contributed by atoms with Gasteiger partial charge in [-0.05, 0) is 84.6 Å². The van der Waals surface area contributed by atoms with E-state index < -0.39 is 0 Å². The Bertz CT molecular complexity index is 1290. The number of benzene rings is 5. The lowest BCUT2D eigenvalue weighted by atomic mass is 9.93. The van der Waals surface area contributed by atoms with E-state index in [-0.39, 0.29) is 0 Å². The lowest BCUT2D eigenvalue weighted by Crippen LogP contribution is -1.89. The summed E-state index contributed by atoms with van der Waals surface area (Å²) in [4.78, 5) is 0. The van der Waals surface area contributed by atoms with E-state index in [0.717, 1.165) is 0 Å². The van der Waals surface area contributed by atoms with Crippen LogP contribution in [-0.2, 0) is 0 Å². The Morgan fingerprint density at radius 1 is 0.577 bits per heavy atom. The van der Waals surface area contributed by atoms with Gasteiger partial charge in [-0.1, -0.05) is 78.9 Å². The highest BCUT2D eigenvalue weighted by Crippen LogP contribution is 2.37. The van der Waals surface area contributed by atoms with Crippen molar-refractivity contribution in [2.75, 3.05) is 0 Å². The molecule has 5 aromatic carbocycles. The summed E-state index contributed by atoms with van der Waals surface area (Å²) in [6.07, 6.45) is 0. The van der Waals surface area contributed by atoms with Crippen LogP contribution in [0.25, 0.3) is 43.4 Å². The fourth-order valence-corrected chi connectivity index (χ4v) is 4.91. The second-order valence-corrected chi connectivity index (χ2v) is 7.85. The van der Waals surface area contributed by atoms with Crippen LogP contribution in [0.5, 0.6) is 0 Å². The van der Waals surface area contributed by atoms with Crippen LogP contribution < -0.4 is 0 Å². The second kappa shape index (κ2) is 6.10. The normalized spacial score (nSPS) is 11.5. The Hall–Kier alpha value is -2.39. The molecule has 1 heteroatoms. The van der Waals surface area contributed by atoms with E-state index in [1.165, 1.54) is 52.6 Å². The summed E-state index contributed by atoms with van der Waals surface area (Å²) in [5.74, 6) is 0. The largest absolute Gasteiger partial charge is 0.0616 e. The van der Waals surface area contributed by atoms with Crippen LogP contribution in [0, 0.1) is 10.5 Å². The predicted molar refractivity (Wildman–Crippen MR) is 122 cm³/mol. The molecular weight excluding hydrogens is 427 g/mol. The second-order valence-electron chi connectivity index (χ2n) is 6.77. The van der Waals surface area contributed by atoms with Crippen molar-refractivity contribution in [3.8, 4) is 11.1 Å². The van der Waals surface area contributed by atoms with Crippen LogP contribution in [0.15, 0.2) is 84.9 Å². The first-order chi connectivity index (χ1) is 12.7. The van der Waals surface area contributed by atoms with Gasteiger partial charge in [-0.3, -0.25) is 0 Å². The number of aryl methyl sites for hydroxylation is 1. The summed E-state index contributed by atoms with van der Waals surface area (Å²) in [7, 11) is 0. The quantitative estimate of drug-likeness (QED) is 0.183. The van der Waals surface area contributed by atoms with Crippen LogP contribution in [-0.4, -0.2) is 0 Å². The van der Waals surface area contributed by atoms with Crippen molar-refractivity contribution in [3.05, 3.63) is 94.1 Å². The molecule has 5 aromatic rings. The highest BCUT2D eigenvalue weighted by atomic mass is 127. The monoisotopic (exact) mass is 444 g/mol. The maximum absolute atomic E-state index is 2.51. The molecule has 0 saturated carbocycles. The topological polar surface area (TPSA) is 0 Å². The average molecular weight is 444 g/mol. The van der Waals surface area contributed by atoms with Crippen LogP contribution >= 0.6 is 22.6 Å². The highest BCUT2D eigenvalue weighted by Gasteiger charge is 2.11. The van der Waals surface area contributed by atoms with E-state index >= 15 is 0 Å².